The molecule has 130 valence electrons. The number of amides is 2. The van der Waals surface area contributed by atoms with Crippen molar-refractivity contribution in [2.75, 3.05) is 4.90 Å². The SMILES string of the molecule is Cc1cccc(N(C(=O)c2nnnnc2C(N)=O)c2cccc(C)c2)c1. The van der Waals surface area contributed by atoms with Gasteiger partial charge in [0, 0.05) is 11.4 Å². The van der Waals surface area contributed by atoms with Gasteiger partial charge >= 0.3 is 0 Å². The maximum Gasteiger partial charge on any atom is 0.285 e. The third kappa shape index (κ3) is 3.39. The van der Waals surface area contributed by atoms with Gasteiger partial charge in [0.25, 0.3) is 11.8 Å². The van der Waals surface area contributed by atoms with Gasteiger partial charge in [0.05, 0.1) is 0 Å². The Morgan fingerprint density at radius 1 is 0.846 bits per heavy atom. The molecule has 0 unspecified atom stereocenters. The minimum Gasteiger partial charge on any atom is -0.364 e. The molecule has 0 saturated heterocycles. The molecule has 0 fully saturated rings. The number of rotatable bonds is 4. The summed E-state index contributed by atoms with van der Waals surface area (Å²) in [4.78, 5) is 26.3. The molecule has 8 heteroatoms. The smallest absolute Gasteiger partial charge is 0.285 e. The molecule has 2 aromatic carbocycles. The fourth-order valence-corrected chi connectivity index (χ4v) is 2.56. The summed E-state index contributed by atoms with van der Waals surface area (Å²) in [6, 6.07) is 14.8. The van der Waals surface area contributed by atoms with Crippen molar-refractivity contribution >= 4 is 23.2 Å². The van der Waals surface area contributed by atoms with Gasteiger partial charge in [-0.2, -0.15) is 0 Å². The Morgan fingerprint density at radius 3 is 1.81 bits per heavy atom. The van der Waals surface area contributed by atoms with Crippen molar-refractivity contribution < 1.29 is 9.59 Å². The summed E-state index contributed by atoms with van der Waals surface area (Å²) in [5.41, 5.74) is 7.91. The van der Waals surface area contributed by atoms with Gasteiger partial charge in [0.15, 0.2) is 11.4 Å². The second kappa shape index (κ2) is 7.06. The number of primary amides is 1. The molecular weight excluding hydrogens is 332 g/mol. The number of hydrogen-bond donors (Lipinski definition) is 1. The van der Waals surface area contributed by atoms with E-state index in [4.69, 9.17) is 5.73 Å². The molecule has 2 amide bonds. The van der Waals surface area contributed by atoms with Gasteiger partial charge < -0.3 is 5.73 Å². The standard InChI is InChI=1S/C18H16N6O2/c1-11-5-3-7-13(9-11)24(14-8-4-6-12(2)10-14)18(26)16-15(17(19)25)20-22-23-21-16/h3-10H,1-2H3,(H2,19,25). The summed E-state index contributed by atoms with van der Waals surface area (Å²) in [7, 11) is 0. The van der Waals surface area contributed by atoms with E-state index in [1.165, 1.54) is 4.90 Å². The first kappa shape index (κ1) is 17.2. The number of anilines is 2. The van der Waals surface area contributed by atoms with Crippen LogP contribution in [0.1, 0.15) is 32.1 Å². The zero-order valence-electron chi connectivity index (χ0n) is 14.2. The highest BCUT2D eigenvalue weighted by Gasteiger charge is 2.27. The van der Waals surface area contributed by atoms with E-state index in [2.05, 4.69) is 20.6 Å². The van der Waals surface area contributed by atoms with Crippen molar-refractivity contribution in [1.29, 1.82) is 0 Å². The van der Waals surface area contributed by atoms with Crippen LogP contribution < -0.4 is 10.6 Å². The lowest BCUT2D eigenvalue weighted by Crippen LogP contribution is -2.31. The molecule has 1 heterocycles. The highest BCUT2D eigenvalue weighted by atomic mass is 16.2. The maximum absolute atomic E-state index is 13.2. The summed E-state index contributed by atoms with van der Waals surface area (Å²) >= 11 is 0. The van der Waals surface area contributed by atoms with Gasteiger partial charge in [-0.05, 0) is 59.7 Å². The van der Waals surface area contributed by atoms with Crippen LogP contribution in [0.4, 0.5) is 11.4 Å². The van der Waals surface area contributed by atoms with Crippen molar-refractivity contribution in [3.8, 4) is 0 Å². The number of aromatic nitrogens is 4. The van der Waals surface area contributed by atoms with E-state index in [0.29, 0.717) is 11.4 Å². The third-order valence-electron chi connectivity index (χ3n) is 3.71. The quantitative estimate of drug-likeness (QED) is 0.770. The first-order chi connectivity index (χ1) is 12.5. The Labute approximate surface area is 149 Å². The molecule has 0 spiro atoms. The number of nitrogens with zero attached hydrogens (tertiary/aromatic N) is 5. The molecule has 3 rings (SSSR count). The zero-order chi connectivity index (χ0) is 18.7. The second-order valence-corrected chi connectivity index (χ2v) is 5.76. The van der Waals surface area contributed by atoms with Crippen molar-refractivity contribution in [3.63, 3.8) is 0 Å². The molecule has 26 heavy (non-hydrogen) atoms. The summed E-state index contributed by atoms with van der Waals surface area (Å²) in [5, 5.41) is 13.9. The van der Waals surface area contributed by atoms with E-state index in [-0.39, 0.29) is 11.4 Å². The normalized spacial score (nSPS) is 10.4. The average molecular weight is 348 g/mol. The van der Waals surface area contributed by atoms with Crippen LogP contribution in [0.15, 0.2) is 48.5 Å². The number of nitrogens with two attached hydrogens (primary N) is 1. The monoisotopic (exact) mass is 348 g/mol. The fraction of sp³-hybridized carbons (Fsp3) is 0.111. The van der Waals surface area contributed by atoms with E-state index in [0.717, 1.165) is 11.1 Å². The molecule has 0 bridgehead atoms. The number of benzene rings is 2. The van der Waals surface area contributed by atoms with Gasteiger partial charge in [-0.3, -0.25) is 14.5 Å². The number of carbonyl (C=O) groups excluding carboxylic acids is 2. The van der Waals surface area contributed by atoms with Gasteiger partial charge in [-0.15, -0.1) is 10.2 Å². The Kier molecular flexibility index (Phi) is 4.66. The third-order valence-corrected chi connectivity index (χ3v) is 3.71. The highest BCUT2D eigenvalue weighted by Crippen LogP contribution is 2.28. The molecule has 0 aliphatic rings. The Hall–Kier alpha value is -3.68. The van der Waals surface area contributed by atoms with Crippen molar-refractivity contribution in [1.82, 2.24) is 20.6 Å². The van der Waals surface area contributed by atoms with Crippen LogP contribution >= 0.6 is 0 Å². The van der Waals surface area contributed by atoms with E-state index in [1.54, 1.807) is 12.1 Å². The predicted molar refractivity (Wildman–Crippen MR) is 95.0 cm³/mol. The molecule has 0 aliphatic heterocycles. The van der Waals surface area contributed by atoms with Gasteiger partial charge in [-0.1, -0.05) is 24.3 Å². The first-order valence-electron chi connectivity index (χ1n) is 7.81. The predicted octanol–water partition coefficient (Wildman–Crippen LogP) is 1.96. The first-order valence-corrected chi connectivity index (χ1v) is 7.81. The van der Waals surface area contributed by atoms with Crippen molar-refractivity contribution in [3.05, 3.63) is 71.0 Å². The lowest BCUT2D eigenvalue weighted by molar-refractivity contribution is 0.0956. The largest absolute Gasteiger partial charge is 0.364 e. The van der Waals surface area contributed by atoms with Crippen LogP contribution in [0.25, 0.3) is 0 Å². The minimum absolute atomic E-state index is 0.254. The molecule has 0 radical (unpaired) electrons. The molecule has 8 nitrogen and oxygen atoms in total. The van der Waals surface area contributed by atoms with Crippen LogP contribution in [-0.4, -0.2) is 32.4 Å². The van der Waals surface area contributed by atoms with E-state index in [9.17, 15) is 9.59 Å². The fourth-order valence-electron chi connectivity index (χ4n) is 2.56. The van der Waals surface area contributed by atoms with Crippen LogP contribution in [-0.2, 0) is 0 Å². The van der Waals surface area contributed by atoms with Crippen LogP contribution in [0, 0.1) is 13.8 Å². The molecule has 0 aliphatic carbocycles. The van der Waals surface area contributed by atoms with Crippen LogP contribution in [0.2, 0.25) is 0 Å². The highest BCUT2D eigenvalue weighted by molar-refractivity contribution is 6.14. The molecule has 3 aromatic rings. The molecule has 0 saturated carbocycles. The lowest BCUT2D eigenvalue weighted by Gasteiger charge is -2.23. The maximum atomic E-state index is 13.2. The van der Waals surface area contributed by atoms with E-state index in [1.807, 2.05) is 50.2 Å². The van der Waals surface area contributed by atoms with Crippen LogP contribution in [0.3, 0.4) is 0 Å². The summed E-state index contributed by atoms with van der Waals surface area (Å²) in [6.07, 6.45) is 0. The van der Waals surface area contributed by atoms with Gasteiger partial charge in [0.1, 0.15) is 0 Å². The zero-order valence-corrected chi connectivity index (χ0v) is 14.2. The molecular formula is C18H16N6O2. The molecule has 2 N–H and O–H groups in total. The van der Waals surface area contributed by atoms with E-state index >= 15 is 0 Å². The Balaban J connectivity index is 2.18. The minimum atomic E-state index is -0.899. The summed E-state index contributed by atoms with van der Waals surface area (Å²) in [6.45, 7) is 3.84. The van der Waals surface area contributed by atoms with Crippen molar-refractivity contribution in [2.24, 2.45) is 5.73 Å². The second-order valence-electron chi connectivity index (χ2n) is 5.76. The average Bonchev–Trinajstić information content (AvgIpc) is 2.62. The van der Waals surface area contributed by atoms with Crippen molar-refractivity contribution in [2.45, 2.75) is 13.8 Å². The summed E-state index contributed by atoms with van der Waals surface area (Å²) in [5.74, 6) is -1.47. The Bertz CT molecular complexity index is 943. The number of aryl methyl sites for hydroxylation is 2. The number of carbonyl (C=O) groups is 2. The lowest BCUT2D eigenvalue weighted by atomic mass is 10.1. The Morgan fingerprint density at radius 2 is 1.35 bits per heavy atom. The van der Waals surface area contributed by atoms with Gasteiger partial charge in [0.2, 0.25) is 0 Å². The molecule has 1 aromatic heterocycles. The molecule has 0 atom stereocenters. The topological polar surface area (TPSA) is 115 Å². The summed E-state index contributed by atoms with van der Waals surface area (Å²) < 4.78 is 0. The van der Waals surface area contributed by atoms with Gasteiger partial charge in [-0.25, -0.2) is 0 Å². The number of hydrogen-bond acceptors (Lipinski definition) is 6. The van der Waals surface area contributed by atoms with E-state index < -0.39 is 11.8 Å². The van der Waals surface area contributed by atoms with Crippen LogP contribution in [0.5, 0.6) is 0 Å².